The van der Waals surface area contributed by atoms with E-state index in [1.165, 1.54) is 16.4 Å². The fraction of sp³-hybridized carbons (Fsp3) is 0.208. The standard InChI is InChI=1S/C24H23ClN2O5S/c25-21-9-5-4-6-18(21)16-24(28)26-22-17-20(33(29,30)27-12-14-31-15-13-27)10-11-23(22)32-19-7-2-1-3-8-19/h1-11,17H,12-16H2,(H,26,28). The Bertz CT molecular complexity index is 1230. The van der Waals surface area contributed by atoms with Gasteiger partial charge in [0.15, 0.2) is 5.75 Å². The number of morpholine rings is 1. The van der Waals surface area contributed by atoms with Gasteiger partial charge in [-0.3, -0.25) is 4.79 Å². The number of rotatable bonds is 7. The number of amides is 1. The molecule has 0 radical (unpaired) electrons. The summed E-state index contributed by atoms with van der Waals surface area (Å²) in [5.41, 5.74) is 0.921. The van der Waals surface area contributed by atoms with Crippen LogP contribution in [0.25, 0.3) is 0 Å². The second kappa shape index (κ2) is 10.4. The van der Waals surface area contributed by atoms with E-state index in [9.17, 15) is 13.2 Å². The van der Waals surface area contributed by atoms with E-state index < -0.39 is 10.0 Å². The van der Waals surface area contributed by atoms with Crippen molar-refractivity contribution in [2.75, 3.05) is 31.6 Å². The Morgan fingerprint density at radius 2 is 1.70 bits per heavy atom. The maximum atomic E-state index is 13.1. The third-order valence-corrected chi connectivity index (χ3v) is 7.38. The van der Waals surface area contributed by atoms with E-state index in [0.29, 0.717) is 35.3 Å². The monoisotopic (exact) mass is 486 g/mol. The average molecular weight is 487 g/mol. The number of hydrogen-bond donors (Lipinski definition) is 1. The maximum Gasteiger partial charge on any atom is 0.243 e. The third kappa shape index (κ3) is 5.72. The number of benzene rings is 3. The molecule has 0 aromatic heterocycles. The highest BCUT2D eigenvalue weighted by molar-refractivity contribution is 7.89. The van der Waals surface area contributed by atoms with Gasteiger partial charge in [0.25, 0.3) is 0 Å². The van der Waals surface area contributed by atoms with Gasteiger partial charge in [-0.2, -0.15) is 4.31 Å². The Morgan fingerprint density at radius 3 is 2.42 bits per heavy atom. The SMILES string of the molecule is O=C(Cc1ccccc1Cl)Nc1cc(S(=O)(=O)N2CCOCC2)ccc1Oc1ccccc1. The lowest BCUT2D eigenvalue weighted by atomic mass is 10.1. The molecule has 1 fully saturated rings. The molecule has 1 saturated heterocycles. The van der Waals surface area contributed by atoms with Crippen molar-refractivity contribution >= 4 is 33.2 Å². The number of nitrogens with one attached hydrogen (secondary N) is 1. The minimum absolute atomic E-state index is 0.0326. The molecule has 9 heteroatoms. The van der Waals surface area contributed by atoms with Crippen molar-refractivity contribution in [2.45, 2.75) is 11.3 Å². The van der Waals surface area contributed by atoms with Crippen molar-refractivity contribution in [1.29, 1.82) is 0 Å². The van der Waals surface area contributed by atoms with Crippen LogP contribution in [0.5, 0.6) is 11.5 Å². The van der Waals surface area contributed by atoms with Gasteiger partial charge in [-0.05, 0) is 42.0 Å². The lowest BCUT2D eigenvalue weighted by Crippen LogP contribution is -2.40. The summed E-state index contributed by atoms with van der Waals surface area (Å²) in [6, 6.07) is 20.6. The molecule has 7 nitrogen and oxygen atoms in total. The summed E-state index contributed by atoms with van der Waals surface area (Å²) in [4.78, 5) is 12.9. The van der Waals surface area contributed by atoms with Gasteiger partial charge in [0.1, 0.15) is 5.75 Å². The van der Waals surface area contributed by atoms with Gasteiger partial charge in [0, 0.05) is 18.1 Å². The van der Waals surface area contributed by atoms with E-state index in [1.54, 1.807) is 42.5 Å². The van der Waals surface area contributed by atoms with E-state index in [2.05, 4.69) is 5.32 Å². The molecule has 0 bridgehead atoms. The summed E-state index contributed by atoms with van der Waals surface area (Å²) >= 11 is 6.18. The fourth-order valence-corrected chi connectivity index (χ4v) is 5.05. The molecule has 3 aromatic rings. The summed E-state index contributed by atoms with van der Waals surface area (Å²) < 4.78 is 38.8. The number of carbonyl (C=O) groups is 1. The van der Waals surface area contributed by atoms with Crippen LogP contribution in [0.4, 0.5) is 5.69 Å². The predicted octanol–water partition coefficient (Wildman–Crippen LogP) is 4.33. The van der Waals surface area contributed by atoms with Crippen LogP contribution in [0.3, 0.4) is 0 Å². The Kier molecular flexibility index (Phi) is 7.29. The van der Waals surface area contributed by atoms with E-state index in [4.69, 9.17) is 21.1 Å². The molecule has 4 rings (SSSR count). The first-order chi connectivity index (χ1) is 15.9. The average Bonchev–Trinajstić information content (AvgIpc) is 2.83. The van der Waals surface area contributed by atoms with Crippen molar-refractivity contribution in [3.8, 4) is 11.5 Å². The van der Waals surface area contributed by atoms with Crippen LogP contribution >= 0.6 is 11.6 Å². The fourth-order valence-electron chi connectivity index (χ4n) is 3.42. The molecule has 33 heavy (non-hydrogen) atoms. The van der Waals surface area contributed by atoms with E-state index >= 15 is 0 Å². The van der Waals surface area contributed by atoms with Crippen LogP contribution in [0.15, 0.2) is 77.7 Å². The molecule has 172 valence electrons. The molecule has 1 N–H and O–H groups in total. The Morgan fingerprint density at radius 1 is 1.00 bits per heavy atom. The number of hydrogen-bond acceptors (Lipinski definition) is 5. The second-order valence-corrected chi connectivity index (χ2v) is 9.75. The zero-order valence-corrected chi connectivity index (χ0v) is 19.3. The molecule has 0 spiro atoms. The first kappa shape index (κ1) is 23.3. The molecular formula is C24H23ClN2O5S. The minimum atomic E-state index is -3.75. The van der Waals surface area contributed by atoms with Crippen molar-refractivity contribution in [1.82, 2.24) is 4.31 Å². The number of sulfonamides is 1. The van der Waals surface area contributed by atoms with Crippen molar-refractivity contribution in [2.24, 2.45) is 0 Å². The molecule has 1 aliphatic heterocycles. The van der Waals surface area contributed by atoms with Gasteiger partial charge in [0.05, 0.1) is 30.2 Å². The zero-order valence-electron chi connectivity index (χ0n) is 17.7. The van der Waals surface area contributed by atoms with Gasteiger partial charge in [-0.25, -0.2) is 8.42 Å². The van der Waals surface area contributed by atoms with Crippen molar-refractivity contribution < 1.29 is 22.7 Å². The lowest BCUT2D eigenvalue weighted by molar-refractivity contribution is -0.115. The second-order valence-electron chi connectivity index (χ2n) is 7.41. The van der Waals surface area contributed by atoms with Gasteiger partial charge in [-0.15, -0.1) is 0 Å². The lowest BCUT2D eigenvalue weighted by Gasteiger charge is -2.26. The first-order valence-electron chi connectivity index (χ1n) is 10.4. The van der Waals surface area contributed by atoms with E-state index in [1.807, 2.05) is 18.2 Å². The van der Waals surface area contributed by atoms with Crippen LogP contribution in [0.2, 0.25) is 5.02 Å². The minimum Gasteiger partial charge on any atom is -0.455 e. The molecule has 0 unspecified atom stereocenters. The van der Waals surface area contributed by atoms with Crippen LogP contribution in [-0.2, 0) is 26.0 Å². The summed E-state index contributed by atoms with van der Waals surface area (Å²) in [6.07, 6.45) is 0.0326. The highest BCUT2D eigenvalue weighted by Crippen LogP contribution is 2.33. The Hall–Kier alpha value is -2.91. The van der Waals surface area contributed by atoms with Crippen molar-refractivity contribution in [3.63, 3.8) is 0 Å². The number of carbonyl (C=O) groups excluding carboxylic acids is 1. The quantitative estimate of drug-likeness (QED) is 0.537. The smallest absolute Gasteiger partial charge is 0.243 e. The molecule has 0 atom stereocenters. The Balaban J connectivity index is 1.64. The molecule has 0 aliphatic carbocycles. The third-order valence-electron chi connectivity index (χ3n) is 5.11. The topological polar surface area (TPSA) is 84.9 Å². The van der Waals surface area contributed by atoms with E-state index in [-0.39, 0.29) is 36.0 Å². The van der Waals surface area contributed by atoms with Crippen LogP contribution < -0.4 is 10.1 Å². The van der Waals surface area contributed by atoms with Gasteiger partial charge in [-0.1, -0.05) is 48.0 Å². The highest BCUT2D eigenvalue weighted by Gasteiger charge is 2.27. The van der Waals surface area contributed by atoms with Gasteiger partial charge in [0.2, 0.25) is 15.9 Å². The molecule has 1 heterocycles. The largest absolute Gasteiger partial charge is 0.455 e. The number of nitrogens with zero attached hydrogens (tertiary/aromatic N) is 1. The molecular weight excluding hydrogens is 464 g/mol. The maximum absolute atomic E-state index is 13.1. The van der Waals surface area contributed by atoms with Crippen LogP contribution in [-0.4, -0.2) is 44.9 Å². The van der Waals surface area contributed by atoms with Gasteiger partial charge < -0.3 is 14.8 Å². The molecule has 1 aliphatic rings. The normalized spacial score (nSPS) is 14.6. The van der Waals surface area contributed by atoms with Crippen LogP contribution in [0, 0.1) is 0 Å². The highest BCUT2D eigenvalue weighted by atomic mass is 35.5. The number of halogens is 1. The van der Waals surface area contributed by atoms with Gasteiger partial charge >= 0.3 is 0 Å². The number of para-hydroxylation sites is 1. The summed E-state index contributed by atoms with van der Waals surface area (Å²) in [5.74, 6) is 0.541. The zero-order chi connectivity index (χ0) is 23.3. The van der Waals surface area contributed by atoms with E-state index in [0.717, 1.165) is 0 Å². The van der Waals surface area contributed by atoms with Crippen molar-refractivity contribution in [3.05, 3.63) is 83.4 Å². The summed E-state index contributed by atoms with van der Waals surface area (Å²) in [6.45, 7) is 1.24. The summed E-state index contributed by atoms with van der Waals surface area (Å²) in [5, 5.41) is 3.28. The summed E-state index contributed by atoms with van der Waals surface area (Å²) in [7, 11) is -3.75. The molecule has 1 amide bonds. The first-order valence-corrected chi connectivity index (χ1v) is 12.2. The predicted molar refractivity (Wildman–Crippen MR) is 126 cm³/mol. The molecule has 0 saturated carbocycles. The van der Waals surface area contributed by atoms with Crippen LogP contribution in [0.1, 0.15) is 5.56 Å². The molecule has 3 aromatic carbocycles. The number of ether oxygens (including phenoxy) is 2. The Labute approximate surface area is 197 Å². The number of anilines is 1.